The first-order valence-electron chi connectivity index (χ1n) is 14.6. The molecule has 1 heterocycles. The molecule has 3 aromatic rings. The minimum Gasteiger partial charge on any atom is -0.505 e. The van der Waals surface area contributed by atoms with Gasteiger partial charge in [-0.3, -0.25) is 0 Å². The molecular formula is C33H30F6O4. The molecule has 1 unspecified atom stereocenters. The number of phenols is 1. The van der Waals surface area contributed by atoms with E-state index in [1.165, 1.54) is 18.2 Å². The standard InChI is InChI=1S/C33H30F6O4/c34-27-20(9-11-23(30(27)37)26-15-42-26)16-1-3-17(4-2-16)21-10-12-24(31(38)28(21)35)33(41)43-19-7-5-18(6-8-19)22-13-14-25(40)32(39)29(22)36/h9-14,16-19,26,40H,1-8,15H2. The van der Waals surface area contributed by atoms with Gasteiger partial charge in [-0.1, -0.05) is 24.3 Å². The molecule has 43 heavy (non-hydrogen) atoms. The lowest BCUT2D eigenvalue weighted by molar-refractivity contribution is 0.0188. The monoisotopic (exact) mass is 604 g/mol. The van der Waals surface area contributed by atoms with Crippen molar-refractivity contribution in [2.24, 2.45) is 0 Å². The first kappa shape index (κ1) is 29.5. The van der Waals surface area contributed by atoms with Gasteiger partial charge in [-0.2, -0.15) is 4.39 Å². The molecule has 1 atom stereocenters. The molecule has 4 nitrogen and oxygen atoms in total. The van der Waals surface area contributed by atoms with Crippen LogP contribution >= 0.6 is 0 Å². The molecule has 0 radical (unpaired) electrons. The number of epoxide rings is 1. The molecule has 3 aromatic carbocycles. The number of halogens is 6. The number of hydrogen-bond donors (Lipinski definition) is 1. The van der Waals surface area contributed by atoms with Crippen molar-refractivity contribution >= 4 is 5.97 Å². The van der Waals surface area contributed by atoms with Gasteiger partial charge in [-0.05, 0) is 97.9 Å². The summed E-state index contributed by atoms with van der Waals surface area (Å²) in [6.07, 6.45) is 2.23. The summed E-state index contributed by atoms with van der Waals surface area (Å²) < 4.78 is 98.1. The van der Waals surface area contributed by atoms with Crippen molar-refractivity contribution in [3.63, 3.8) is 0 Å². The zero-order chi connectivity index (χ0) is 30.4. The van der Waals surface area contributed by atoms with E-state index in [-0.39, 0.29) is 40.0 Å². The summed E-state index contributed by atoms with van der Waals surface area (Å²) in [6, 6.07) is 8.14. The Morgan fingerprint density at radius 2 is 1.02 bits per heavy atom. The van der Waals surface area contributed by atoms with Gasteiger partial charge in [0.25, 0.3) is 0 Å². The number of esters is 1. The Morgan fingerprint density at radius 3 is 1.58 bits per heavy atom. The number of phenolic OH excluding ortho intramolecular Hbond substituents is 1. The number of benzene rings is 3. The van der Waals surface area contributed by atoms with Crippen LogP contribution in [-0.4, -0.2) is 23.8 Å². The van der Waals surface area contributed by atoms with Gasteiger partial charge in [0.05, 0.1) is 12.2 Å². The maximum atomic E-state index is 15.2. The Balaban J connectivity index is 1.06. The van der Waals surface area contributed by atoms with Crippen LogP contribution in [0.5, 0.6) is 5.75 Å². The van der Waals surface area contributed by atoms with Crippen molar-refractivity contribution < 1.29 is 45.7 Å². The van der Waals surface area contributed by atoms with E-state index in [1.807, 2.05) is 0 Å². The number of ether oxygens (including phenoxy) is 2. The summed E-state index contributed by atoms with van der Waals surface area (Å²) >= 11 is 0. The van der Waals surface area contributed by atoms with E-state index in [4.69, 9.17) is 9.47 Å². The van der Waals surface area contributed by atoms with Crippen molar-refractivity contribution in [2.75, 3.05) is 6.61 Å². The molecule has 0 spiro atoms. The minimum absolute atomic E-state index is 0.129. The van der Waals surface area contributed by atoms with Crippen LogP contribution in [0.2, 0.25) is 0 Å². The van der Waals surface area contributed by atoms with Gasteiger partial charge in [-0.15, -0.1) is 0 Å². The Labute approximate surface area is 244 Å². The molecule has 2 saturated carbocycles. The van der Waals surface area contributed by atoms with Crippen molar-refractivity contribution in [3.05, 3.63) is 99.1 Å². The molecule has 1 aliphatic heterocycles. The summed E-state index contributed by atoms with van der Waals surface area (Å²) in [7, 11) is 0. The van der Waals surface area contributed by atoms with Crippen molar-refractivity contribution in [3.8, 4) is 5.75 Å². The molecule has 1 N–H and O–H groups in total. The van der Waals surface area contributed by atoms with Gasteiger partial charge in [-0.25, -0.2) is 26.7 Å². The lowest BCUT2D eigenvalue weighted by Gasteiger charge is -2.30. The highest BCUT2D eigenvalue weighted by atomic mass is 19.2. The second-order valence-corrected chi connectivity index (χ2v) is 11.8. The number of carbonyl (C=O) groups is 1. The lowest BCUT2D eigenvalue weighted by atomic mass is 9.75. The van der Waals surface area contributed by atoms with E-state index in [9.17, 15) is 27.5 Å². The second-order valence-electron chi connectivity index (χ2n) is 11.8. The fourth-order valence-electron chi connectivity index (χ4n) is 6.70. The quantitative estimate of drug-likeness (QED) is 0.174. The van der Waals surface area contributed by atoms with Crippen molar-refractivity contribution in [1.29, 1.82) is 0 Å². The Morgan fingerprint density at radius 1 is 0.605 bits per heavy atom. The molecule has 2 aliphatic carbocycles. The van der Waals surface area contributed by atoms with E-state index in [1.54, 1.807) is 12.1 Å². The Bertz CT molecular complexity index is 1540. The number of hydrogen-bond acceptors (Lipinski definition) is 4. The summed E-state index contributed by atoms with van der Waals surface area (Å²) in [6.45, 7) is 0.369. The molecule has 0 aromatic heterocycles. The van der Waals surface area contributed by atoms with Gasteiger partial charge in [0.2, 0.25) is 5.82 Å². The van der Waals surface area contributed by atoms with Gasteiger partial charge in [0, 0.05) is 5.56 Å². The highest BCUT2D eigenvalue weighted by molar-refractivity contribution is 5.90. The molecule has 3 aliphatic rings. The van der Waals surface area contributed by atoms with Crippen LogP contribution in [0.4, 0.5) is 26.3 Å². The van der Waals surface area contributed by atoms with Crippen LogP contribution < -0.4 is 0 Å². The fourth-order valence-corrected chi connectivity index (χ4v) is 6.70. The smallest absolute Gasteiger partial charge is 0.341 e. The highest BCUT2D eigenvalue weighted by Crippen LogP contribution is 2.44. The zero-order valence-corrected chi connectivity index (χ0v) is 23.2. The first-order chi connectivity index (χ1) is 20.6. The van der Waals surface area contributed by atoms with Crippen LogP contribution in [0.15, 0.2) is 36.4 Å². The molecule has 0 bridgehead atoms. The van der Waals surface area contributed by atoms with Gasteiger partial charge >= 0.3 is 5.97 Å². The third-order valence-corrected chi connectivity index (χ3v) is 9.24. The molecule has 3 fully saturated rings. The number of aromatic hydroxyl groups is 1. The van der Waals surface area contributed by atoms with Gasteiger partial charge in [0.1, 0.15) is 12.2 Å². The van der Waals surface area contributed by atoms with Crippen LogP contribution in [0, 0.1) is 34.9 Å². The predicted molar refractivity (Wildman–Crippen MR) is 144 cm³/mol. The molecule has 10 heteroatoms. The normalized spacial score (nSPS) is 25.4. The maximum Gasteiger partial charge on any atom is 0.341 e. The lowest BCUT2D eigenvalue weighted by Crippen LogP contribution is -2.25. The third kappa shape index (κ3) is 5.73. The van der Waals surface area contributed by atoms with Crippen molar-refractivity contribution in [2.45, 2.75) is 81.3 Å². The Hall–Kier alpha value is -3.53. The molecule has 1 saturated heterocycles. The highest BCUT2D eigenvalue weighted by Gasteiger charge is 2.34. The largest absolute Gasteiger partial charge is 0.505 e. The molecule has 228 valence electrons. The SMILES string of the molecule is O=C(OC1CCC(c2ccc(O)c(F)c2F)CC1)c1ccc(C2CCC(c3ccc(C4CO4)c(F)c3F)CC2)c(F)c1F. The van der Waals surface area contributed by atoms with E-state index in [0.29, 0.717) is 58.0 Å². The molecule has 6 rings (SSSR count). The van der Waals surface area contributed by atoms with E-state index < -0.39 is 64.4 Å². The van der Waals surface area contributed by atoms with Crippen LogP contribution in [0.1, 0.15) is 108 Å². The summed E-state index contributed by atoms with van der Waals surface area (Å²) in [4.78, 5) is 12.8. The average molecular weight is 605 g/mol. The Kier molecular flexibility index (Phi) is 8.15. The molecule has 0 amide bonds. The van der Waals surface area contributed by atoms with E-state index in [0.717, 1.165) is 6.07 Å². The van der Waals surface area contributed by atoms with Gasteiger partial charge in [0.15, 0.2) is 34.8 Å². The predicted octanol–water partition coefficient (Wildman–Crippen LogP) is 8.62. The third-order valence-electron chi connectivity index (χ3n) is 9.24. The number of rotatable bonds is 6. The van der Waals surface area contributed by atoms with Gasteiger partial charge < -0.3 is 14.6 Å². The second kappa shape index (κ2) is 11.9. The molecular weight excluding hydrogens is 574 g/mol. The van der Waals surface area contributed by atoms with Crippen LogP contribution in [0.25, 0.3) is 0 Å². The number of carbonyl (C=O) groups excluding carboxylic acids is 1. The topological polar surface area (TPSA) is 59.1 Å². The summed E-state index contributed by atoms with van der Waals surface area (Å²) in [5.74, 6) is -9.32. The first-order valence-corrected chi connectivity index (χ1v) is 14.6. The van der Waals surface area contributed by atoms with Crippen LogP contribution in [0.3, 0.4) is 0 Å². The average Bonchev–Trinajstić information content (AvgIpc) is 3.85. The zero-order valence-electron chi connectivity index (χ0n) is 23.2. The summed E-state index contributed by atoms with van der Waals surface area (Å²) in [5, 5.41) is 9.34. The van der Waals surface area contributed by atoms with Crippen molar-refractivity contribution in [1.82, 2.24) is 0 Å². The van der Waals surface area contributed by atoms with E-state index in [2.05, 4.69) is 0 Å². The van der Waals surface area contributed by atoms with Crippen LogP contribution in [-0.2, 0) is 9.47 Å². The fraction of sp³-hybridized carbons (Fsp3) is 0.424. The summed E-state index contributed by atoms with van der Waals surface area (Å²) in [5.41, 5.74) is 0.223. The maximum absolute atomic E-state index is 15.2. The minimum atomic E-state index is -1.31. The van der Waals surface area contributed by atoms with E-state index >= 15 is 8.78 Å².